The number of anilines is 1. The van der Waals surface area contributed by atoms with Crippen LogP contribution in [0.5, 0.6) is 5.88 Å². The zero-order valence-corrected chi connectivity index (χ0v) is 20.3. The molecule has 38 heavy (non-hydrogen) atoms. The zero-order valence-electron chi connectivity index (χ0n) is 19.5. The van der Waals surface area contributed by atoms with E-state index < -0.39 is 53.5 Å². The average molecular weight is 562 g/mol. The fourth-order valence-electron chi connectivity index (χ4n) is 2.95. The Morgan fingerprint density at radius 1 is 1.13 bits per heavy atom. The molecule has 0 bridgehead atoms. The molecule has 0 aliphatic rings. The molecule has 0 spiro atoms. The molecule has 0 radical (unpaired) electrons. The lowest BCUT2D eigenvalue weighted by Crippen LogP contribution is -2.30. The molecule has 10 nitrogen and oxygen atoms in total. The Bertz CT molecular complexity index is 1450. The number of carbonyl (C=O) groups excluding carboxylic acids is 2. The molecule has 0 fully saturated rings. The smallest absolute Gasteiger partial charge is 0.471 e. The lowest BCUT2D eigenvalue weighted by molar-refractivity contribution is -0.199. The molecule has 2 aromatic heterocycles. The van der Waals surface area contributed by atoms with Crippen LogP contribution in [0.1, 0.15) is 22.8 Å². The Balaban J connectivity index is 1.79. The molecule has 0 aliphatic carbocycles. The second-order valence-corrected chi connectivity index (χ2v) is 7.98. The van der Waals surface area contributed by atoms with Crippen molar-refractivity contribution in [3.05, 3.63) is 74.2 Å². The lowest BCUT2D eigenvalue weighted by atomic mass is 10.2. The van der Waals surface area contributed by atoms with E-state index in [0.717, 1.165) is 16.7 Å². The van der Waals surface area contributed by atoms with Gasteiger partial charge in [-0.15, -0.1) is 0 Å². The van der Waals surface area contributed by atoms with Gasteiger partial charge in [0.25, 0.3) is 11.5 Å². The summed E-state index contributed by atoms with van der Waals surface area (Å²) in [6, 6.07) is 2.85. The van der Waals surface area contributed by atoms with Gasteiger partial charge in [0.05, 0.1) is 6.54 Å². The summed E-state index contributed by atoms with van der Waals surface area (Å²) in [4.78, 5) is 47.8. The topological polar surface area (TPSA) is 125 Å². The largest absolute Gasteiger partial charge is 0.490 e. The normalized spacial score (nSPS) is 11.3. The molecule has 1 amide bonds. The van der Waals surface area contributed by atoms with Crippen molar-refractivity contribution in [3.63, 3.8) is 0 Å². The van der Waals surface area contributed by atoms with Crippen LogP contribution < -0.4 is 15.6 Å². The van der Waals surface area contributed by atoms with Crippen LogP contribution >= 0.6 is 11.6 Å². The van der Waals surface area contributed by atoms with Crippen LogP contribution in [0.3, 0.4) is 0 Å². The quantitative estimate of drug-likeness (QED) is 0.328. The van der Waals surface area contributed by atoms with Crippen LogP contribution in [0.2, 0.25) is 5.02 Å². The van der Waals surface area contributed by atoms with Crippen molar-refractivity contribution in [1.82, 2.24) is 19.5 Å². The monoisotopic (exact) mass is 561 g/mol. The first-order valence-electron chi connectivity index (χ1n) is 10.5. The Morgan fingerprint density at radius 2 is 1.84 bits per heavy atom. The maximum Gasteiger partial charge on any atom is 0.490 e. The fourth-order valence-corrected chi connectivity index (χ4v) is 3.15. The van der Waals surface area contributed by atoms with Gasteiger partial charge in [-0.2, -0.15) is 18.2 Å². The maximum absolute atomic E-state index is 13.9. The van der Waals surface area contributed by atoms with Crippen molar-refractivity contribution in [1.29, 1.82) is 0 Å². The Kier molecular flexibility index (Phi) is 8.60. The number of hydrogen-bond donors (Lipinski definition) is 1. The molecular weight excluding hydrogens is 545 g/mol. The molecule has 0 unspecified atom stereocenters. The van der Waals surface area contributed by atoms with Gasteiger partial charge in [0, 0.05) is 23.4 Å². The van der Waals surface area contributed by atoms with Gasteiger partial charge in [-0.1, -0.05) is 11.6 Å². The summed E-state index contributed by atoms with van der Waals surface area (Å²) in [6.45, 7) is 0.959. The number of aromatic nitrogens is 4. The van der Waals surface area contributed by atoms with E-state index in [4.69, 9.17) is 16.3 Å². The molecule has 202 valence electrons. The number of halogens is 6. The number of nitrogens with zero attached hydrogens (tertiary/aromatic N) is 4. The van der Waals surface area contributed by atoms with Gasteiger partial charge in [0.2, 0.25) is 5.88 Å². The summed E-state index contributed by atoms with van der Waals surface area (Å²) in [7, 11) is 0. The molecule has 0 aliphatic heterocycles. The summed E-state index contributed by atoms with van der Waals surface area (Å²) in [5.74, 6) is -5.54. The SMILES string of the molecule is Cc1ncc(Cn2c(C)nc(OCc3ccc(F)cc3F)c(Cl)c2=O)c(NC(=O)COC(=O)C(F)(F)F)n1. The third-order valence-electron chi connectivity index (χ3n) is 4.79. The van der Waals surface area contributed by atoms with Crippen LogP contribution in [0.15, 0.2) is 29.2 Å². The summed E-state index contributed by atoms with van der Waals surface area (Å²) >= 11 is 6.11. The second-order valence-electron chi connectivity index (χ2n) is 7.61. The first-order valence-corrected chi connectivity index (χ1v) is 10.8. The molecule has 3 rings (SSSR count). The molecule has 0 atom stereocenters. The van der Waals surface area contributed by atoms with E-state index in [1.54, 1.807) is 0 Å². The van der Waals surface area contributed by atoms with Gasteiger partial charge < -0.3 is 14.8 Å². The highest BCUT2D eigenvalue weighted by Gasteiger charge is 2.41. The van der Waals surface area contributed by atoms with Crippen molar-refractivity contribution < 1.29 is 41.0 Å². The Hall–Kier alpha value is -4.14. The van der Waals surface area contributed by atoms with E-state index in [9.17, 15) is 36.3 Å². The van der Waals surface area contributed by atoms with Crippen molar-refractivity contribution in [2.45, 2.75) is 33.2 Å². The maximum atomic E-state index is 13.9. The van der Waals surface area contributed by atoms with Crippen LogP contribution in [0.4, 0.5) is 27.8 Å². The number of carbonyl (C=O) groups is 2. The molecule has 0 saturated carbocycles. The zero-order chi connectivity index (χ0) is 28.2. The number of esters is 1. The first-order chi connectivity index (χ1) is 17.8. The first kappa shape index (κ1) is 28.4. The Labute approximate surface area is 215 Å². The number of hydrogen-bond acceptors (Lipinski definition) is 8. The van der Waals surface area contributed by atoms with Crippen molar-refractivity contribution >= 4 is 29.3 Å². The van der Waals surface area contributed by atoms with Crippen LogP contribution in [0.25, 0.3) is 0 Å². The summed E-state index contributed by atoms with van der Waals surface area (Å²) in [6.07, 6.45) is -4.02. The molecule has 1 aromatic carbocycles. The van der Waals surface area contributed by atoms with Crippen LogP contribution in [0, 0.1) is 25.5 Å². The highest BCUT2D eigenvalue weighted by Crippen LogP contribution is 2.22. The number of rotatable bonds is 8. The van der Waals surface area contributed by atoms with Gasteiger partial charge in [0.1, 0.15) is 35.7 Å². The van der Waals surface area contributed by atoms with E-state index in [-0.39, 0.29) is 41.0 Å². The molecule has 3 aromatic rings. The van der Waals surface area contributed by atoms with Gasteiger partial charge >= 0.3 is 12.1 Å². The predicted octanol–water partition coefficient (Wildman–Crippen LogP) is 3.25. The van der Waals surface area contributed by atoms with Crippen LogP contribution in [-0.4, -0.2) is 44.2 Å². The highest BCUT2D eigenvalue weighted by molar-refractivity contribution is 6.31. The van der Waals surface area contributed by atoms with E-state index in [2.05, 4.69) is 25.0 Å². The minimum absolute atomic E-state index is 0.0100. The Morgan fingerprint density at radius 3 is 2.50 bits per heavy atom. The average Bonchev–Trinajstić information content (AvgIpc) is 2.83. The summed E-state index contributed by atoms with van der Waals surface area (Å²) in [5.41, 5.74) is -0.661. The number of nitrogens with one attached hydrogen (secondary N) is 1. The second kappa shape index (κ2) is 11.5. The minimum atomic E-state index is -5.27. The number of alkyl halides is 3. The molecule has 2 heterocycles. The van der Waals surface area contributed by atoms with Crippen molar-refractivity contribution in [2.24, 2.45) is 0 Å². The third-order valence-corrected chi connectivity index (χ3v) is 5.11. The third kappa shape index (κ3) is 7.00. The number of benzene rings is 1. The molecule has 0 saturated heterocycles. The van der Waals surface area contributed by atoms with E-state index in [1.807, 2.05) is 0 Å². The molecule has 1 N–H and O–H groups in total. The fraction of sp³-hybridized carbons (Fsp3) is 0.273. The van der Waals surface area contributed by atoms with Gasteiger partial charge in [-0.05, 0) is 26.0 Å². The van der Waals surface area contributed by atoms with Gasteiger partial charge in [-0.3, -0.25) is 14.2 Å². The van der Waals surface area contributed by atoms with E-state index in [1.165, 1.54) is 20.0 Å². The lowest BCUT2D eigenvalue weighted by Gasteiger charge is -2.15. The standard InChI is InChI=1S/C22H17ClF5N5O5/c1-10-29-6-13(18(30-10)32-16(34)9-38-21(36)22(26,27)28)7-33-11(2)31-19(17(23)20(33)35)37-8-12-3-4-14(24)5-15(12)25/h3-6H,7-9H2,1-2H3,(H,29,30,32,34). The van der Waals surface area contributed by atoms with Crippen molar-refractivity contribution in [2.75, 3.05) is 11.9 Å². The number of amides is 1. The number of aryl methyl sites for hydroxylation is 2. The van der Waals surface area contributed by atoms with Crippen molar-refractivity contribution in [3.8, 4) is 5.88 Å². The highest BCUT2D eigenvalue weighted by atomic mass is 35.5. The molecule has 16 heteroatoms. The predicted molar refractivity (Wildman–Crippen MR) is 120 cm³/mol. The van der Waals surface area contributed by atoms with Gasteiger partial charge in [0.15, 0.2) is 11.6 Å². The summed E-state index contributed by atoms with van der Waals surface area (Å²) in [5, 5.41) is 1.74. The van der Waals surface area contributed by atoms with E-state index in [0.29, 0.717) is 6.07 Å². The summed E-state index contributed by atoms with van der Waals surface area (Å²) < 4.78 is 74.1. The minimum Gasteiger partial charge on any atom is -0.471 e. The van der Waals surface area contributed by atoms with Gasteiger partial charge in [-0.25, -0.2) is 23.5 Å². The van der Waals surface area contributed by atoms with E-state index >= 15 is 0 Å². The molecular formula is C22H17ClF5N5O5. The van der Waals surface area contributed by atoms with Crippen LogP contribution in [-0.2, 0) is 27.5 Å². The number of ether oxygens (including phenoxy) is 2.